The van der Waals surface area contributed by atoms with Crippen molar-refractivity contribution in [3.8, 4) is 11.5 Å². The van der Waals surface area contributed by atoms with E-state index in [1.807, 2.05) is 26.8 Å². The van der Waals surface area contributed by atoms with Gasteiger partial charge in [0.15, 0.2) is 0 Å². The Kier molecular flexibility index (Phi) is 7.95. The number of aromatic hydroxyl groups is 1. The molecule has 1 aromatic rings. The number of rotatable bonds is 9. The maximum absolute atomic E-state index is 10.6. The molecule has 0 fully saturated rings. The van der Waals surface area contributed by atoms with Crippen LogP contribution in [0.2, 0.25) is 0 Å². The van der Waals surface area contributed by atoms with E-state index in [1.165, 1.54) is 5.57 Å². The van der Waals surface area contributed by atoms with Gasteiger partial charge >= 0.3 is 5.97 Å². The SMILES string of the molecule is C/C(=C\CCC1(C)CCc2cc(O)c(C)c(C)c2O1)CC/C=C(\C)CCC(=O)O. The number of carboxylic acid groups (broad SMARTS) is 1. The van der Waals surface area contributed by atoms with Crippen molar-refractivity contribution >= 4 is 5.97 Å². The second kappa shape index (κ2) is 10.00. The molecule has 2 rings (SSSR count). The van der Waals surface area contributed by atoms with Crippen LogP contribution in [0.5, 0.6) is 11.5 Å². The molecule has 1 aliphatic heterocycles. The first-order valence-electron chi connectivity index (χ1n) is 10.7. The summed E-state index contributed by atoms with van der Waals surface area (Å²) in [4.78, 5) is 10.6. The first kappa shape index (κ1) is 23.1. The van der Waals surface area contributed by atoms with Gasteiger partial charge in [-0.25, -0.2) is 0 Å². The van der Waals surface area contributed by atoms with Gasteiger partial charge in [0.2, 0.25) is 0 Å². The van der Waals surface area contributed by atoms with Crippen molar-refractivity contribution in [3.63, 3.8) is 0 Å². The molecule has 0 bridgehead atoms. The Morgan fingerprint density at radius 3 is 2.45 bits per heavy atom. The van der Waals surface area contributed by atoms with Gasteiger partial charge < -0.3 is 14.9 Å². The minimum atomic E-state index is -0.739. The Morgan fingerprint density at radius 1 is 1.10 bits per heavy atom. The highest BCUT2D eigenvalue weighted by Crippen LogP contribution is 2.41. The maximum Gasteiger partial charge on any atom is 0.303 e. The van der Waals surface area contributed by atoms with Crippen LogP contribution in [0.15, 0.2) is 29.4 Å². The summed E-state index contributed by atoms with van der Waals surface area (Å²) in [5.41, 5.74) is 5.39. The molecule has 1 unspecified atom stereocenters. The third-order valence-electron chi connectivity index (χ3n) is 6.09. The molecule has 4 nitrogen and oxygen atoms in total. The molecule has 0 aromatic heterocycles. The zero-order valence-corrected chi connectivity index (χ0v) is 18.6. The van der Waals surface area contributed by atoms with E-state index >= 15 is 0 Å². The molecule has 1 aliphatic rings. The highest BCUT2D eigenvalue weighted by atomic mass is 16.5. The van der Waals surface area contributed by atoms with E-state index in [4.69, 9.17) is 9.84 Å². The number of allylic oxidation sites excluding steroid dienone is 4. The Labute approximate surface area is 175 Å². The number of phenolic OH excluding ortho intramolecular Hbond substituents is 1. The van der Waals surface area contributed by atoms with E-state index in [-0.39, 0.29) is 12.0 Å². The summed E-state index contributed by atoms with van der Waals surface area (Å²) < 4.78 is 6.43. The first-order chi connectivity index (χ1) is 13.6. The first-order valence-corrected chi connectivity index (χ1v) is 10.7. The topological polar surface area (TPSA) is 66.8 Å². The number of fused-ring (bicyclic) bond motifs is 1. The van der Waals surface area contributed by atoms with Crippen LogP contribution in [-0.4, -0.2) is 21.8 Å². The Bertz CT molecular complexity index is 804. The fourth-order valence-corrected chi connectivity index (χ4v) is 3.82. The van der Waals surface area contributed by atoms with Crippen LogP contribution in [0.1, 0.15) is 82.4 Å². The van der Waals surface area contributed by atoms with Gasteiger partial charge in [-0.1, -0.05) is 23.3 Å². The van der Waals surface area contributed by atoms with Crippen molar-refractivity contribution in [2.24, 2.45) is 0 Å². The summed E-state index contributed by atoms with van der Waals surface area (Å²) in [7, 11) is 0. The number of hydrogen-bond acceptors (Lipinski definition) is 3. The van der Waals surface area contributed by atoms with Crippen molar-refractivity contribution < 1.29 is 19.7 Å². The minimum absolute atomic E-state index is 0.175. The van der Waals surface area contributed by atoms with Gasteiger partial charge in [0.25, 0.3) is 0 Å². The summed E-state index contributed by atoms with van der Waals surface area (Å²) in [6, 6.07) is 1.85. The smallest absolute Gasteiger partial charge is 0.303 e. The van der Waals surface area contributed by atoms with E-state index in [2.05, 4.69) is 26.0 Å². The number of aryl methyl sites for hydroxylation is 1. The predicted octanol–water partition coefficient (Wildman–Crippen LogP) is 6.41. The van der Waals surface area contributed by atoms with Crippen molar-refractivity contribution in [1.29, 1.82) is 0 Å². The van der Waals surface area contributed by atoms with E-state index in [9.17, 15) is 9.90 Å². The molecule has 2 N–H and O–H groups in total. The summed E-state index contributed by atoms with van der Waals surface area (Å²) in [6.45, 7) is 10.3. The number of ether oxygens (including phenoxy) is 1. The summed E-state index contributed by atoms with van der Waals surface area (Å²) in [5, 5.41) is 18.8. The van der Waals surface area contributed by atoms with E-state index in [1.54, 1.807) is 0 Å². The molecule has 1 heterocycles. The lowest BCUT2D eigenvalue weighted by Crippen LogP contribution is -2.36. The Balaban J connectivity index is 1.86. The standard InChI is InChI=1S/C25H36O4/c1-17(8-6-9-18(2)11-12-23(27)28)10-7-14-25(5)15-13-21-16-22(26)19(3)20(4)24(21)29-25/h9-10,16,26H,6-8,11-15H2,1-5H3,(H,27,28)/b17-10+,18-9+. The normalized spacial score (nSPS) is 19.6. The molecule has 4 heteroatoms. The summed E-state index contributed by atoms with van der Waals surface area (Å²) >= 11 is 0. The number of benzene rings is 1. The maximum atomic E-state index is 10.6. The lowest BCUT2D eigenvalue weighted by atomic mass is 9.87. The number of phenols is 1. The fourth-order valence-electron chi connectivity index (χ4n) is 3.82. The molecule has 0 saturated carbocycles. The Hall–Kier alpha value is -2.23. The van der Waals surface area contributed by atoms with Gasteiger partial charge in [-0.15, -0.1) is 0 Å². The molecule has 160 valence electrons. The van der Waals surface area contributed by atoms with E-state index in [0.29, 0.717) is 12.2 Å². The minimum Gasteiger partial charge on any atom is -0.508 e. The van der Waals surface area contributed by atoms with Gasteiger partial charge in [-0.2, -0.15) is 0 Å². The van der Waals surface area contributed by atoms with Crippen LogP contribution >= 0.6 is 0 Å². The quantitative estimate of drug-likeness (QED) is 0.470. The molecule has 1 aromatic carbocycles. The largest absolute Gasteiger partial charge is 0.508 e. The molecular weight excluding hydrogens is 364 g/mol. The van der Waals surface area contributed by atoms with Crippen LogP contribution in [0, 0.1) is 13.8 Å². The van der Waals surface area contributed by atoms with Gasteiger partial charge in [-0.3, -0.25) is 4.79 Å². The lowest BCUT2D eigenvalue weighted by Gasteiger charge is -2.37. The monoisotopic (exact) mass is 400 g/mol. The van der Waals surface area contributed by atoms with Gasteiger partial charge in [0, 0.05) is 6.42 Å². The molecular formula is C25H36O4. The van der Waals surface area contributed by atoms with Gasteiger partial charge in [0.1, 0.15) is 17.1 Å². The van der Waals surface area contributed by atoms with Crippen molar-refractivity contribution in [2.45, 2.75) is 91.6 Å². The average molecular weight is 401 g/mol. The van der Waals surface area contributed by atoms with Crippen LogP contribution in [0.3, 0.4) is 0 Å². The third kappa shape index (κ3) is 6.66. The summed E-state index contributed by atoms with van der Waals surface area (Å²) in [6.07, 6.45) is 11.1. The number of carbonyl (C=O) groups is 1. The van der Waals surface area contributed by atoms with Crippen molar-refractivity contribution in [1.82, 2.24) is 0 Å². The molecule has 0 radical (unpaired) electrons. The van der Waals surface area contributed by atoms with E-state index < -0.39 is 5.97 Å². The second-order valence-corrected chi connectivity index (χ2v) is 8.76. The van der Waals surface area contributed by atoms with Gasteiger partial charge in [-0.05, 0) is 102 Å². The van der Waals surface area contributed by atoms with Crippen LogP contribution in [0.4, 0.5) is 0 Å². The highest BCUT2D eigenvalue weighted by Gasteiger charge is 2.32. The molecule has 0 spiro atoms. The highest BCUT2D eigenvalue weighted by molar-refractivity contribution is 5.67. The van der Waals surface area contributed by atoms with Crippen LogP contribution in [0.25, 0.3) is 0 Å². The number of aliphatic carboxylic acids is 1. The fraction of sp³-hybridized carbons (Fsp3) is 0.560. The van der Waals surface area contributed by atoms with Crippen molar-refractivity contribution in [2.75, 3.05) is 0 Å². The molecule has 29 heavy (non-hydrogen) atoms. The zero-order valence-electron chi connectivity index (χ0n) is 18.6. The van der Waals surface area contributed by atoms with Gasteiger partial charge in [0.05, 0.1) is 0 Å². The van der Waals surface area contributed by atoms with Crippen LogP contribution < -0.4 is 4.74 Å². The predicted molar refractivity (Wildman–Crippen MR) is 118 cm³/mol. The second-order valence-electron chi connectivity index (χ2n) is 8.76. The molecule has 1 atom stereocenters. The Morgan fingerprint density at radius 2 is 1.76 bits per heavy atom. The molecule has 0 amide bonds. The molecule has 0 aliphatic carbocycles. The number of hydrogen-bond donors (Lipinski definition) is 2. The zero-order chi connectivity index (χ0) is 21.6. The lowest BCUT2D eigenvalue weighted by molar-refractivity contribution is -0.136. The third-order valence-corrected chi connectivity index (χ3v) is 6.09. The number of carboxylic acids is 1. The van der Waals surface area contributed by atoms with Crippen LogP contribution in [-0.2, 0) is 11.2 Å². The summed E-state index contributed by atoms with van der Waals surface area (Å²) in [5.74, 6) is 0.577. The van der Waals surface area contributed by atoms with E-state index in [0.717, 1.165) is 66.5 Å². The molecule has 0 saturated heterocycles. The van der Waals surface area contributed by atoms with Crippen molar-refractivity contribution in [3.05, 3.63) is 46.1 Å². The average Bonchev–Trinajstić information content (AvgIpc) is 2.65.